The maximum Gasteiger partial charge on any atom is 0.239 e. The van der Waals surface area contributed by atoms with Gasteiger partial charge in [-0.3, -0.25) is 14.4 Å². The molecule has 2 saturated heterocycles. The summed E-state index contributed by atoms with van der Waals surface area (Å²) in [7, 11) is 1.65. The molecule has 1 N–H and O–H groups in total. The summed E-state index contributed by atoms with van der Waals surface area (Å²) in [5, 5.41) is 2.70. The minimum atomic E-state index is -0.121. The van der Waals surface area contributed by atoms with Gasteiger partial charge in [0.05, 0.1) is 13.7 Å². The highest BCUT2D eigenvalue weighted by molar-refractivity contribution is 5.86. The minimum absolute atomic E-state index is 0.0505. The topological polar surface area (TPSA) is 82.2 Å². The van der Waals surface area contributed by atoms with Crippen LogP contribution >= 0.6 is 0 Å². The molecule has 2 heterocycles. The number of amides is 3. The van der Waals surface area contributed by atoms with E-state index in [2.05, 4.69) is 10.2 Å². The number of nitrogens with one attached hydrogen (secondary N) is 1. The number of nitrogens with zero attached hydrogens (tertiary/aromatic N) is 3. The molecule has 0 radical (unpaired) electrons. The lowest BCUT2D eigenvalue weighted by molar-refractivity contribution is -0.138. The molecule has 0 aromatic heterocycles. The van der Waals surface area contributed by atoms with Gasteiger partial charge in [-0.1, -0.05) is 6.07 Å². The van der Waals surface area contributed by atoms with Crippen LogP contribution in [0.2, 0.25) is 0 Å². The van der Waals surface area contributed by atoms with Crippen molar-refractivity contribution < 1.29 is 19.1 Å². The second-order valence-electron chi connectivity index (χ2n) is 7.09. The van der Waals surface area contributed by atoms with Crippen molar-refractivity contribution in [1.82, 2.24) is 15.1 Å². The van der Waals surface area contributed by atoms with E-state index < -0.39 is 0 Å². The monoisotopic (exact) mass is 388 g/mol. The molecule has 8 nitrogen and oxygen atoms in total. The van der Waals surface area contributed by atoms with Gasteiger partial charge in [0.25, 0.3) is 0 Å². The Hall–Kier alpha value is -2.77. The van der Waals surface area contributed by atoms with Crippen LogP contribution in [0.4, 0.5) is 5.69 Å². The summed E-state index contributed by atoms with van der Waals surface area (Å²) in [6, 6.07) is 7.94. The van der Waals surface area contributed by atoms with Gasteiger partial charge >= 0.3 is 0 Å². The zero-order valence-corrected chi connectivity index (χ0v) is 16.4. The van der Waals surface area contributed by atoms with E-state index in [1.165, 1.54) is 0 Å². The van der Waals surface area contributed by atoms with Gasteiger partial charge in [0.2, 0.25) is 17.7 Å². The number of carbonyl (C=O) groups excluding carboxylic acids is 3. The van der Waals surface area contributed by atoms with E-state index in [1.54, 1.807) is 12.0 Å². The summed E-state index contributed by atoms with van der Waals surface area (Å²) in [6.07, 6.45) is 1.19. The fraction of sp³-hybridized carbons (Fsp3) is 0.550. The molecule has 0 saturated carbocycles. The molecule has 2 aliphatic rings. The third kappa shape index (κ3) is 5.15. The zero-order valence-electron chi connectivity index (χ0n) is 16.4. The third-order valence-corrected chi connectivity index (χ3v) is 5.22. The molecular formula is C20H28N4O4. The van der Waals surface area contributed by atoms with Crippen molar-refractivity contribution >= 4 is 23.4 Å². The van der Waals surface area contributed by atoms with Crippen LogP contribution in [-0.2, 0) is 14.4 Å². The number of hydrogen-bond donors (Lipinski definition) is 1. The maximum absolute atomic E-state index is 12.4. The predicted octanol–water partition coefficient (Wildman–Crippen LogP) is 0.473. The van der Waals surface area contributed by atoms with E-state index in [4.69, 9.17) is 4.74 Å². The summed E-state index contributed by atoms with van der Waals surface area (Å²) >= 11 is 0. The number of hydrogen-bond acceptors (Lipinski definition) is 5. The molecule has 3 rings (SSSR count). The molecule has 1 aromatic carbocycles. The Kier molecular flexibility index (Phi) is 6.73. The summed E-state index contributed by atoms with van der Waals surface area (Å²) in [5.41, 5.74) is 1.10. The first kappa shape index (κ1) is 20.0. The van der Waals surface area contributed by atoms with Crippen molar-refractivity contribution in [3.63, 3.8) is 0 Å². The summed E-state index contributed by atoms with van der Waals surface area (Å²) in [4.78, 5) is 41.6. The van der Waals surface area contributed by atoms with E-state index in [-0.39, 0.29) is 24.3 Å². The fourth-order valence-corrected chi connectivity index (χ4v) is 3.58. The van der Waals surface area contributed by atoms with Gasteiger partial charge in [0.1, 0.15) is 5.75 Å². The van der Waals surface area contributed by atoms with Gasteiger partial charge in [-0.25, -0.2) is 0 Å². The summed E-state index contributed by atoms with van der Waals surface area (Å²) in [5.74, 6) is 0.747. The van der Waals surface area contributed by atoms with Crippen molar-refractivity contribution in [2.75, 3.05) is 57.8 Å². The van der Waals surface area contributed by atoms with E-state index in [9.17, 15) is 14.4 Å². The lowest BCUT2D eigenvalue weighted by atomic mass is 10.1. The molecule has 28 heavy (non-hydrogen) atoms. The number of piperazine rings is 2. The number of benzene rings is 1. The van der Waals surface area contributed by atoms with Gasteiger partial charge in [-0.05, 0) is 18.6 Å². The van der Waals surface area contributed by atoms with Crippen LogP contribution in [-0.4, -0.2) is 80.4 Å². The van der Waals surface area contributed by atoms with E-state index >= 15 is 0 Å². The average Bonchev–Trinajstić information content (AvgIpc) is 2.73. The van der Waals surface area contributed by atoms with Gasteiger partial charge < -0.3 is 24.8 Å². The van der Waals surface area contributed by atoms with Gasteiger partial charge in [0, 0.05) is 63.9 Å². The quantitative estimate of drug-likeness (QED) is 0.766. The first-order valence-corrected chi connectivity index (χ1v) is 9.78. The summed E-state index contributed by atoms with van der Waals surface area (Å²) in [6.45, 7) is 4.08. The second kappa shape index (κ2) is 9.43. The lowest BCUT2D eigenvalue weighted by Crippen LogP contribution is -2.50. The molecule has 0 unspecified atom stereocenters. The van der Waals surface area contributed by atoms with Crippen LogP contribution in [0.25, 0.3) is 0 Å². The first-order chi connectivity index (χ1) is 13.6. The molecule has 3 amide bonds. The Morgan fingerprint density at radius 1 is 1.04 bits per heavy atom. The van der Waals surface area contributed by atoms with Gasteiger partial charge in [0.15, 0.2) is 0 Å². The Morgan fingerprint density at radius 2 is 1.75 bits per heavy atom. The lowest BCUT2D eigenvalue weighted by Gasteiger charge is -2.36. The minimum Gasteiger partial charge on any atom is -0.497 e. The van der Waals surface area contributed by atoms with E-state index in [0.717, 1.165) is 24.5 Å². The third-order valence-electron chi connectivity index (χ3n) is 5.22. The Bertz CT molecular complexity index is 716. The van der Waals surface area contributed by atoms with Crippen molar-refractivity contribution in [3.8, 4) is 5.75 Å². The number of ether oxygens (including phenoxy) is 1. The zero-order chi connectivity index (χ0) is 19.9. The molecule has 2 aliphatic heterocycles. The van der Waals surface area contributed by atoms with E-state index in [1.807, 2.05) is 29.2 Å². The Balaban J connectivity index is 1.39. The van der Waals surface area contributed by atoms with Crippen LogP contribution in [0, 0.1) is 0 Å². The standard InChI is InChI=1S/C20H28N4O4/c1-28-17-5-2-4-16(14-17)22-10-12-23(13-11-22)19(26)6-3-7-20(27)24-9-8-21-18(25)15-24/h2,4-5,14H,3,6-13,15H2,1H3,(H,21,25). The maximum atomic E-state index is 12.4. The highest BCUT2D eigenvalue weighted by Crippen LogP contribution is 2.22. The molecule has 0 aliphatic carbocycles. The van der Waals surface area contributed by atoms with Crippen LogP contribution in [0.5, 0.6) is 5.75 Å². The number of rotatable bonds is 6. The predicted molar refractivity (Wildman–Crippen MR) is 105 cm³/mol. The highest BCUT2D eigenvalue weighted by Gasteiger charge is 2.23. The van der Waals surface area contributed by atoms with Crippen molar-refractivity contribution in [2.24, 2.45) is 0 Å². The Morgan fingerprint density at radius 3 is 2.43 bits per heavy atom. The second-order valence-corrected chi connectivity index (χ2v) is 7.09. The molecule has 2 fully saturated rings. The number of methoxy groups -OCH3 is 1. The molecule has 0 atom stereocenters. The smallest absolute Gasteiger partial charge is 0.239 e. The first-order valence-electron chi connectivity index (χ1n) is 9.78. The van der Waals surface area contributed by atoms with Crippen LogP contribution < -0.4 is 15.0 Å². The highest BCUT2D eigenvalue weighted by atomic mass is 16.5. The molecule has 0 bridgehead atoms. The van der Waals surface area contributed by atoms with E-state index in [0.29, 0.717) is 45.4 Å². The van der Waals surface area contributed by atoms with Crippen molar-refractivity contribution in [2.45, 2.75) is 19.3 Å². The summed E-state index contributed by atoms with van der Waals surface area (Å²) < 4.78 is 5.27. The fourth-order valence-electron chi connectivity index (χ4n) is 3.58. The number of anilines is 1. The van der Waals surface area contributed by atoms with Crippen LogP contribution in [0.3, 0.4) is 0 Å². The largest absolute Gasteiger partial charge is 0.497 e. The molecule has 8 heteroatoms. The van der Waals surface area contributed by atoms with Crippen LogP contribution in [0.15, 0.2) is 24.3 Å². The van der Waals surface area contributed by atoms with Gasteiger partial charge in [-0.2, -0.15) is 0 Å². The van der Waals surface area contributed by atoms with Crippen molar-refractivity contribution in [1.29, 1.82) is 0 Å². The Labute approximate surface area is 165 Å². The molecule has 152 valence electrons. The average molecular weight is 388 g/mol. The van der Waals surface area contributed by atoms with Gasteiger partial charge in [-0.15, -0.1) is 0 Å². The van der Waals surface area contributed by atoms with Crippen molar-refractivity contribution in [3.05, 3.63) is 24.3 Å². The molecule has 0 spiro atoms. The molecule has 1 aromatic rings. The SMILES string of the molecule is COc1cccc(N2CCN(C(=O)CCCC(=O)N3CCNC(=O)C3)CC2)c1. The van der Waals surface area contributed by atoms with Crippen LogP contribution in [0.1, 0.15) is 19.3 Å². The normalized spacial score (nSPS) is 17.3. The molecular weight excluding hydrogens is 360 g/mol. The number of carbonyl (C=O) groups is 3.